The standard InChI is InChI=1S/3C7H7N3OS2.Fe/c3*11-6(9-10-7(12)13)5-3-1-2-4-8-5;/h3*1-4H,(H,9,11)(H2,10,12,13);/q;;;+3/p-3. The summed E-state index contributed by atoms with van der Waals surface area (Å²) in [4.78, 5) is 45.1. The van der Waals surface area contributed by atoms with Crippen molar-refractivity contribution in [2.24, 2.45) is 0 Å². The van der Waals surface area contributed by atoms with Crippen molar-refractivity contribution >= 4 is 105 Å². The molecule has 0 fully saturated rings. The van der Waals surface area contributed by atoms with E-state index in [0.717, 1.165) is 0 Å². The second-order valence-corrected chi connectivity index (χ2v) is 9.47. The molecule has 3 heterocycles. The average molecular weight is 693 g/mol. The Morgan fingerprint density at radius 2 is 0.750 bits per heavy atom. The van der Waals surface area contributed by atoms with Gasteiger partial charge in [-0.25, -0.2) is 0 Å². The molecule has 3 aromatic rings. The largest absolute Gasteiger partial charge is 3.00 e. The Morgan fingerprint density at radius 1 is 0.500 bits per heavy atom. The summed E-state index contributed by atoms with van der Waals surface area (Å²) in [5.41, 5.74) is 14.9. The zero-order valence-corrected chi connectivity index (χ0v) is 25.8. The van der Waals surface area contributed by atoms with Gasteiger partial charge in [0.2, 0.25) is 0 Å². The first kappa shape index (κ1) is 36.7. The Bertz CT molecular complexity index is 1110. The smallest absolute Gasteiger partial charge is 0.410 e. The molecule has 3 aromatic heterocycles. The molecule has 19 heteroatoms. The summed E-state index contributed by atoms with van der Waals surface area (Å²) < 4.78 is 0.262. The molecule has 0 saturated heterocycles. The number of rotatable bonds is 3. The number of hydrogen-bond acceptors (Lipinski definition) is 12. The van der Waals surface area contributed by atoms with E-state index in [1.54, 1.807) is 54.6 Å². The third-order valence-corrected chi connectivity index (χ3v) is 4.14. The fourth-order valence-electron chi connectivity index (χ4n) is 2.01. The van der Waals surface area contributed by atoms with Crippen LogP contribution in [0, 0.1) is 0 Å². The van der Waals surface area contributed by atoms with Gasteiger partial charge in [-0.2, -0.15) is 0 Å². The second-order valence-electron chi connectivity index (χ2n) is 6.24. The molecule has 12 nitrogen and oxygen atoms in total. The predicted molar refractivity (Wildman–Crippen MR) is 164 cm³/mol. The molecule has 0 atom stereocenters. The van der Waals surface area contributed by atoms with Crippen molar-refractivity contribution in [3.05, 3.63) is 90.3 Å². The van der Waals surface area contributed by atoms with Crippen molar-refractivity contribution in [1.82, 2.24) is 47.5 Å². The maximum absolute atomic E-state index is 11.2. The Kier molecular flexibility index (Phi) is 19.8. The summed E-state index contributed by atoms with van der Waals surface area (Å²) in [6, 6.07) is 15.1. The number of carbonyl (C=O) groups excluding carboxylic acids is 3. The molecule has 40 heavy (non-hydrogen) atoms. The topological polar surface area (TPSA) is 162 Å². The van der Waals surface area contributed by atoms with E-state index in [9.17, 15) is 14.4 Å². The van der Waals surface area contributed by atoms with Crippen LogP contribution >= 0.6 is 36.7 Å². The van der Waals surface area contributed by atoms with Gasteiger partial charge >= 0.3 is 17.1 Å². The molecule has 0 saturated carbocycles. The van der Waals surface area contributed by atoms with Crippen LogP contribution in [0.2, 0.25) is 0 Å². The summed E-state index contributed by atoms with van der Waals surface area (Å²) >= 11 is 27.2. The molecular formula is C21H18FeN9O3S6. The maximum Gasteiger partial charge on any atom is 3.00 e. The summed E-state index contributed by atoms with van der Waals surface area (Å²) in [5.74, 6) is -1.10. The zero-order valence-electron chi connectivity index (χ0n) is 19.8. The van der Waals surface area contributed by atoms with Gasteiger partial charge in [0.25, 0.3) is 17.7 Å². The van der Waals surface area contributed by atoms with Crippen LogP contribution in [0.4, 0.5) is 0 Å². The van der Waals surface area contributed by atoms with E-state index in [1.807, 2.05) is 0 Å². The number of thiocarbonyl (C=S) groups is 3. The molecule has 0 unspecified atom stereocenters. The van der Waals surface area contributed by atoms with E-state index in [0.29, 0.717) is 17.1 Å². The average Bonchev–Trinajstić information content (AvgIpc) is 2.95. The normalized spacial score (nSPS) is 8.70. The molecule has 0 aliphatic heterocycles. The van der Waals surface area contributed by atoms with Crippen molar-refractivity contribution in [1.29, 1.82) is 0 Å². The number of nitrogens with one attached hydrogen (secondary N) is 6. The van der Waals surface area contributed by atoms with Crippen molar-refractivity contribution in [3.8, 4) is 0 Å². The van der Waals surface area contributed by atoms with Crippen LogP contribution in [0.1, 0.15) is 31.5 Å². The van der Waals surface area contributed by atoms with E-state index < -0.39 is 0 Å². The Hall–Kier alpha value is -3.29. The van der Waals surface area contributed by atoms with Crippen molar-refractivity contribution in [2.45, 2.75) is 0 Å². The first-order valence-electron chi connectivity index (χ1n) is 10.1. The molecule has 209 valence electrons. The predicted octanol–water partition coefficient (Wildman–Crippen LogP) is 0.441. The molecule has 0 spiro atoms. The number of hydrazine groups is 3. The first-order chi connectivity index (χ1) is 18.6. The van der Waals surface area contributed by atoms with Gasteiger partial charge in [0.15, 0.2) is 0 Å². The Labute approximate surface area is 272 Å². The Balaban J connectivity index is 0.000000563. The zero-order chi connectivity index (χ0) is 29.0. The molecule has 0 aliphatic rings. The van der Waals surface area contributed by atoms with Crippen molar-refractivity contribution in [3.63, 3.8) is 0 Å². The molecule has 3 amide bonds. The van der Waals surface area contributed by atoms with Crippen LogP contribution in [0.25, 0.3) is 0 Å². The minimum absolute atomic E-state index is 0. The third-order valence-electron chi connectivity index (χ3n) is 3.53. The summed E-state index contributed by atoms with van der Waals surface area (Å²) in [7, 11) is 0. The maximum atomic E-state index is 11.2. The van der Waals surface area contributed by atoms with Crippen LogP contribution in [-0.2, 0) is 55.0 Å². The van der Waals surface area contributed by atoms with Crippen LogP contribution in [0.5, 0.6) is 0 Å². The van der Waals surface area contributed by atoms with E-state index in [-0.39, 0.29) is 47.8 Å². The molecule has 1 radical (unpaired) electrons. The molecule has 0 bridgehead atoms. The van der Waals surface area contributed by atoms with Gasteiger partial charge in [-0.3, -0.25) is 45.6 Å². The molecule has 3 rings (SSSR count). The summed E-state index contributed by atoms with van der Waals surface area (Å²) in [6.07, 6.45) is 4.59. The second kappa shape index (κ2) is 21.5. The fourth-order valence-corrected chi connectivity index (χ4v) is 2.31. The number of hydrogen-bond donors (Lipinski definition) is 6. The van der Waals surface area contributed by atoms with Gasteiger partial charge in [-0.05, 0) is 49.4 Å². The quantitative estimate of drug-likeness (QED) is 0.0971. The minimum atomic E-state index is -0.368. The van der Waals surface area contributed by atoms with Gasteiger partial charge in [0, 0.05) is 18.6 Å². The van der Waals surface area contributed by atoms with Gasteiger partial charge in [0.1, 0.15) is 17.1 Å². The van der Waals surface area contributed by atoms with E-state index >= 15 is 0 Å². The minimum Gasteiger partial charge on any atom is -0.410 e. The fraction of sp³-hybridized carbons (Fsp3) is 0. The number of pyridine rings is 3. The molecule has 6 N–H and O–H groups in total. The van der Waals surface area contributed by atoms with Gasteiger partial charge in [-0.1, -0.05) is 18.2 Å². The Morgan fingerprint density at radius 3 is 0.925 bits per heavy atom. The van der Waals surface area contributed by atoms with Gasteiger partial charge in [-0.15, -0.1) is 0 Å². The van der Waals surface area contributed by atoms with Gasteiger partial charge < -0.3 is 90.8 Å². The monoisotopic (exact) mass is 692 g/mol. The van der Waals surface area contributed by atoms with E-state index in [4.69, 9.17) is 0 Å². The SMILES string of the molecule is O=C(NNC(=S)[S-])c1ccccn1.O=C(NNC(=S)[S-])c1ccccn1.O=C(NNC(=S)[S-])c1ccccn1.[Fe+3]. The summed E-state index contributed by atoms with van der Waals surface area (Å²) in [5, 5.41) is 0. The summed E-state index contributed by atoms with van der Waals surface area (Å²) in [6.45, 7) is 0. The van der Waals surface area contributed by atoms with Crippen LogP contribution in [0.3, 0.4) is 0 Å². The van der Waals surface area contributed by atoms with E-state index in [1.165, 1.54) is 18.6 Å². The van der Waals surface area contributed by atoms with Crippen molar-refractivity contribution in [2.75, 3.05) is 0 Å². The first-order valence-corrected chi connectivity index (χ1v) is 12.6. The van der Waals surface area contributed by atoms with E-state index in [2.05, 4.69) is 122 Å². The number of carbonyl (C=O) groups is 3. The van der Waals surface area contributed by atoms with Crippen LogP contribution in [0.15, 0.2) is 73.2 Å². The third kappa shape index (κ3) is 17.3. The molecule has 0 aliphatic carbocycles. The number of amides is 3. The molecular weight excluding hydrogens is 675 g/mol. The number of aromatic nitrogens is 3. The number of nitrogens with zero attached hydrogens (tertiary/aromatic N) is 3. The van der Waals surface area contributed by atoms with Gasteiger partial charge in [0.05, 0.1) is 0 Å². The molecule has 0 aromatic carbocycles. The van der Waals surface area contributed by atoms with Crippen LogP contribution < -0.4 is 32.6 Å². The van der Waals surface area contributed by atoms with Crippen molar-refractivity contribution < 1.29 is 31.5 Å². The van der Waals surface area contributed by atoms with Crippen LogP contribution in [-0.4, -0.2) is 45.6 Å².